The zero-order valence-corrected chi connectivity index (χ0v) is 41.0. The first-order chi connectivity index (χ1) is 31.5. The highest BCUT2D eigenvalue weighted by Crippen LogP contribution is 2.12. The fourth-order valence-electron chi connectivity index (χ4n) is 6.43. The van der Waals surface area contributed by atoms with Crippen molar-refractivity contribution >= 4 is 17.9 Å². The van der Waals surface area contributed by atoms with Crippen LogP contribution in [0.3, 0.4) is 0 Å². The summed E-state index contributed by atoms with van der Waals surface area (Å²) >= 11 is 0. The summed E-state index contributed by atoms with van der Waals surface area (Å²) in [5, 5.41) is 0. The molecule has 0 rings (SSSR count). The van der Waals surface area contributed by atoms with Crippen molar-refractivity contribution < 1.29 is 28.6 Å². The Hall–Kier alpha value is -4.19. The molecule has 0 saturated carbocycles. The van der Waals surface area contributed by atoms with E-state index in [1.165, 1.54) is 19.3 Å². The van der Waals surface area contributed by atoms with Gasteiger partial charge in [0, 0.05) is 19.3 Å². The van der Waals surface area contributed by atoms with Crippen molar-refractivity contribution in [2.24, 2.45) is 0 Å². The summed E-state index contributed by atoms with van der Waals surface area (Å²) in [6.07, 6.45) is 70.7. The molecule has 0 spiro atoms. The lowest BCUT2D eigenvalue weighted by atomic mass is 10.1. The number of hydrogen-bond donors (Lipinski definition) is 0. The second kappa shape index (κ2) is 51.4. The zero-order chi connectivity index (χ0) is 46.5. The van der Waals surface area contributed by atoms with Crippen molar-refractivity contribution in [1.29, 1.82) is 0 Å². The van der Waals surface area contributed by atoms with Crippen LogP contribution in [0.1, 0.15) is 207 Å². The average molecular weight is 885 g/mol. The number of hydrogen-bond acceptors (Lipinski definition) is 6. The molecule has 0 bridgehead atoms. The standard InChI is InChI=1S/C58H92O6/c1-4-7-10-13-16-18-20-22-23-24-25-26-27-28-29-30-31-32-33-34-35-37-38-40-42-45-48-51-57(60)63-54-55(53-62-56(59)50-47-44-15-12-9-6-3)64-58(61)52-49-46-43-41-39-36-21-19-17-14-11-8-5-2/h7-8,10-11,16-19,22-23,25-26,28-29,31-32,34-36,39,55H,4-6,9,12-15,20-21,24,27,30,33,37-38,40-54H2,1-3H3/b10-7-,11-8-,18-16-,19-17-,23-22-,26-25-,29-28-,32-31-,35-34-,39-36-. The van der Waals surface area contributed by atoms with Gasteiger partial charge in [0.1, 0.15) is 13.2 Å². The maximum Gasteiger partial charge on any atom is 0.306 e. The van der Waals surface area contributed by atoms with Crippen LogP contribution in [0.5, 0.6) is 0 Å². The normalized spacial score (nSPS) is 13.1. The molecule has 0 aromatic rings. The van der Waals surface area contributed by atoms with E-state index in [4.69, 9.17) is 14.2 Å². The summed E-state index contributed by atoms with van der Waals surface area (Å²) in [6, 6.07) is 0. The fraction of sp³-hybridized carbons (Fsp3) is 0.603. The SMILES string of the molecule is CC/C=C\C/C=C\C/C=C\C/C=C\C/C=C\C/C=C\C/C=C\CCCCCCCC(=O)OCC(COC(=O)CCCCCCCC)OC(=O)CCCCC/C=C\C/C=C\C/C=C\CC. The second-order valence-corrected chi connectivity index (χ2v) is 16.3. The first-order valence-electron chi connectivity index (χ1n) is 25.5. The molecule has 6 heteroatoms. The van der Waals surface area contributed by atoms with Crippen LogP contribution in [-0.4, -0.2) is 37.2 Å². The predicted octanol–water partition coefficient (Wildman–Crippen LogP) is 16.9. The molecule has 0 amide bonds. The minimum absolute atomic E-state index is 0.0995. The van der Waals surface area contributed by atoms with Crippen LogP contribution < -0.4 is 0 Å². The van der Waals surface area contributed by atoms with Gasteiger partial charge in [-0.25, -0.2) is 0 Å². The van der Waals surface area contributed by atoms with Crippen LogP contribution >= 0.6 is 0 Å². The maximum absolute atomic E-state index is 12.7. The van der Waals surface area contributed by atoms with Crippen LogP contribution in [0.4, 0.5) is 0 Å². The molecular weight excluding hydrogens is 793 g/mol. The van der Waals surface area contributed by atoms with Crippen LogP contribution in [0.2, 0.25) is 0 Å². The Balaban J connectivity index is 4.25. The lowest BCUT2D eigenvalue weighted by Gasteiger charge is -2.18. The zero-order valence-electron chi connectivity index (χ0n) is 41.0. The van der Waals surface area contributed by atoms with Gasteiger partial charge in [0.25, 0.3) is 0 Å². The molecule has 0 aliphatic carbocycles. The molecule has 0 aliphatic heterocycles. The van der Waals surface area contributed by atoms with E-state index >= 15 is 0 Å². The number of esters is 3. The molecule has 0 saturated heterocycles. The molecule has 0 aliphatic rings. The van der Waals surface area contributed by atoms with Crippen molar-refractivity contribution in [3.8, 4) is 0 Å². The molecule has 64 heavy (non-hydrogen) atoms. The minimum atomic E-state index is -0.800. The number of rotatable bonds is 44. The van der Waals surface area contributed by atoms with E-state index in [2.05, 4.69) is 142 Å². The molecule has 6 nitrogen and oxygen atoms in total. The molecule has 0 N–H and O–H groups in total. The Bertz CT molecular complexity index is 1390. The number of allylic oxidation sites excluding steroid dienone is 20. The van der Waals surface area contributed by atoms with Gasteiger partial charge >= 0.3 is 17.9 Å². The summed E-state index contributed by atoms with van der Waals surface area (Å²) in [5.74, 6) is -0.969. The Morgan fingerprint density at radius 1 is 0.328 bits per heavy atom. The van der Waals surface area contributed by atoms with Gasteiger partial charge in [-0.1, -0.05) is 200 Å². The van der Waals surface area contributed by atoms with Crippen molar-refractivity contribution in [1.82, 2.24) is 0 Å². The van der Waals surface area contributed by atoms with Crippen molar-refractivity contribution in [2.45, 2.75) is 213 Å². The first kappa shape index (κ1) is 59.8. The lowest BCUT2D eigenvalue weighted by Crippen LogP contribution is -2.30. The number of unbranched alkanes of at least 4 members (excludes halogenated alkanes) is 13. The van der Waals surface area contributed by atoms with E-state index in [1.54, 1.807) is 0 Å². The van der Waals surface area contributed by atoms with E-state index in [0.29, 0.717) is 12.8 Å². The third-order valence-electron chi connectivity index (χ3n) is 10.2. The summed E-state index contributed by atoms with van der Waals surface area (Å²) in [4.78, 5) is 37.7. The third kappa shape index (κ3) is 48.8. The van der Waals surface area contributed by atoms with E-state index < -0.39 is 6.10 Å². The van der Waals surface area contributed by atoms with E-state index in [9.17, 15) is 14.4 Å². The Kier molecular flexibility index (Phi) is 48.1. The van der Waals surface area contributed by atoms with Crippen LogP contribution in [-0.2, 0) is 28.6 Å². The highest BCUT2D eigenvalue weighted by molar-refractivity contribution is 5.71. The van der Waals surface area contributed by atoms with Gasteiger partial charge in [-0.2, -0.15) is 0 Å². The lowest BCUT2D eigenvalue weighted by molar-refractivity contribution is -0.167. The van der Waals surface area contributed by atoms with E-state index in [-0.39, 0.29) is 37.5 Å². The molecule has 1 atom stereocenters. The Labute approximate surface area is 392 Å². The van der Waals surface area contributed by atoms with Gasteiger partial charge in [-0.3, -0.25) is 14.4 Å². The van der Waals surface area contributed by atoms with E-state index in [0.717, 1.165) is 148 Å². The van der Waals surface area contributed by atoms with Crippen LogP contribution in [0, 0.1) is 0 Å². The van der Waals surface area contributed by atoms with Gasteiger partial charge in [-0.15, -0.1) is 0 Å². The van der Waals surface area contributed by atoms with Crippen molar-refractivity contribution in [3.05, 3.63) is 122 Å². The number of carbonyl (C=O) groups is 3. The molecule has 0 aromatic heterocycles. The molecule has 0 fully saturated rings. The predicted molar refractivity (Wildman–Crippen MR) is 274 cm³/mol. The average Bonchev–Trinajstić information content (AvgIpc) is 3.29. The molecule has 360 valence electrons. The van der Waals surface area contributed by atoms with Gasteiger partial charge in [0.15, 0.2) is 6.10 Å². The molecule has 0 aromatic carbocycles. The fourth-order valence-corrected chi connectivity index (χ4v) is 6.43. The smallest absolute Gasteiger partial charge is 0.306 e. The Morgan fingerprint density at radius 3 is 0.969 bits per heavy atom. The molecule has 1 unspecified atom stereocenters. The summed E-state index contributed by atoms with van der Waals surface area (Å²) in [5.41, 5.74) is 0. The summed E-state index contributed by atoms with van der Waals surface area (Å²) < 4.78 is 16.6. The van der Waals surface area contributed by atoms with E-state index in [1.807, 2.05) is 0 Å². The number of carbonyl (C=O) groups excluding carboxylic acids is 3. The quantitative estimate of drug-likeness (QED) is 0.0262. The summed E-state index contributed by atoms with van der Waals surface area (Å²) in [6.45, 7) is 6.28. The van der Waals surface area contributed by atoms with Crippen molar-refractivity contribution in [3.63, 3.8) is 0 Å². The third-order valence-corrected chi connectivity index (χ3v) is 10.2. The topological polar surface area (TPSA) is 78.9 Å². The van der Waals surface area contributed by atoms with Gasteiger partial charge in [-0.05, 0) is 109 Å². The highest BCUT2D eigenvalue weighted by Gasteiger charge is 2.19. The minimum Gasteiger partial charge on any atom is -0.462 e. The van der Waals surface area contributed by atoms with Gasteiger partial charge in [0.2, 0.25) is 0 Å². The van der Waals surface area contributed by atoms with Gasteiger partial charge in [0.05, 0.1) is 0 Å². The first-order valence-corrected chi connectivity index (χ1v) is 25.5. The highest BCUT2D eigenvalue weighted by atomic mass is 16.6. The maximum atomic E-state index is 12.7. The van der Waals surface area contributed by atoms with Crippen LogP contribution in [0.25, 0.3) is 0 Å². The van der Waals surface area contributed by atoms with Crippen LogP contribution in [0.15, 0.2) is 122 Å². The molecular formula is C58H92O6. The molecule has 0 radical (unpaired) electrons. The Morgan fingerprint density at radius 2 is 0.609 bits per heavy atom. The van der Waals surface area contributed by atoms with Gasteiger partial charge < -0.3 is 14.2 Å². The number of ether oxygens (including phenoxy) is 3. The molecule has 0 heterocycles. The monoisotopic (exact) mass is 885 g/mol. The second-order valence-electron chi connectivity index (χ2n) is 16.3. The largest absolute Gasteiger partial charge is 0.462 e. The van der Waals surface area contributed by atoms with Crippen molar-refractivity contribution in [2.75, 3.05) is 13.2 Å². The summed E-state index contributed by atoms with van der Waals surface area (Å²) in [7, 11) is 0.